The van der Waals surface area contributed by atoms with Gasteiger partial charge >= 0.3 is 0 Å². The van der Waals surface area contributed by atoms with Gasteiger partial charge in [0.2, 0.25) is 5.91 Å². The van der Waals surface area contributed by atoms with Crippen LogP contribution in [0.15, 0.2) is 0 Å². The van der Waals surface area contributed by atoms with Crippen molar-refractivity contribution in [2.75, 3.05) is 13.2 Å². The molecule has 1 saturated heterocycles. The van der Waals surface area contributed by atoms with Crippen molar-refractivity contribution < 1.29 is 4.79 Å². The number of nitrogens with zero attached hydrogens (tertiary/aromatic N) is 1. The second-order valence-electron chi connectivity index (χ2n) is 5.10. The molecule has 0 atom stereocenters. The maximum absolute atomic E-state index is 12.2. The number of carbonyl (C=O) groups excluding carboxylic acids is 1. The van der Waals surface area contributed by atoms with Gasteiger partial charge in [0.15, 0.2) is 0 Å². The predicted molar refractivity (Wildman–Crippen MR) is 53.6 cm³/mol. The smallest absolute Gasteiger partial charge is 0.243 e. The maximum Gasteiger partial charge on any atom is 0.243 e. The molecule has 2 aliphatic carbocycles. The fourth-order valence-corrected chi connectivity index (χ4v) is 2.83. The van der Waals surface area contributed by atoms with E-state index >= 15 is 0 Å². The molecule has 3 heteroatoms. The lowest BCUT2D eigenvalue weighted by molar-refractivity contribution is -0.132. The first-order valence-corrected chi connectivity index (χ1v) is 5.85. The Kier molecular flexibility index (Phi) is 1.84. The summed E-state index contributed by atoms with van der Waals surface area (Å²) in [5.41, 5.74) is -0.130. The third kappa shape index (κ3) is 1.26. The Labute approximate surface area is 84.8 Å². The summed E-state index contributed by atoms with van der Waals surface area (Å²) in [5, 5.41) is 3.44. The largest absolute Gasteiger partial charge is 0.328 e. The van der Waals surface area contributed by atoms with Gasteiger partial charge in [-0.1, -0.05) is 12.8 Å². The van der Waals surface area contributed by atoms with Gasteiger partial charge in [0, 0.05) is 6.54 Å². The Morgan fingerprint density at radius 1 is 1.36 bits per heavy atom. The topological polar surface area (TPSA) is 32.3 Å². The van der Waals surface area contributed by atoms with E-state index in [-0.39, 0.29) is 5.54 Å². The molecular formula is C11H18N2O. The van der Waals surface area contributed by atoms with Crippen LogP contribution in [0, 0.1) is 5.92 Å². The molecular weight excluding hydrogens is 176 g/mol. The molecule has 1 heterocycles. The molecule has 0 aromatic carbocycles. The van der Waals surface area contributed by atoms with E-state index in [1.54, 1.807) is 0 Å². The predicted octanol–water partition coefficient (Wildman–Crippen LogP) is 1.10. The summed E-state index contributed by atoms with van der Waals surface area (Å²) in [6.45, 7) is 1.81. The first kappa shape index (κ1) is 8.72. The van der Waals surface area contributed by atoms with Crippen molar-refractivity contribution in [3.8, 4) is 0 Å². The van der Waals surface area contributed by atoms with E-state index in [4.69, 9.17) is 0 Å². The second kappa shape index (κ2) is 2.96. The fourth-order valence-electron chi connectivity index (χ4n) is 2.83. The molecule has 1 N–H and O–H groups in total. The Hall–Kier alpha value is -0.570. The van der Waals surface area contributed by atoms with Crippen LogP contribution < -0.4 is 5.32 Å². The lowest BCUT2D eigenvalue weighted by atomic mass is 9.98. The highest BCUT2D eigenvalue weighted by atomic mass is 16.2. The van der Waals surface area contributed by atoms with Crippen molar-refractivity contribution in [1.29, 1.82) is 0 Å². The van der Waals surface area contributed by atoms with Gasteiger partial charge in [-0.2, -0.15) is 0 Å². The van der Waals surface area contributed by atoms with Gasteiger partial charge < -0.3 is 4.90 Å². The van der Waals surface area contributed by atoms with Crippen molar-refractivity contribution in [2.45, 2.75) is 44.1 Å². The van der Waals surface area contributed by atoms with E-state index in [1.165, 1.54) is 25.7 Å². The summed E-state index contributed by atoms with van der Waals surface area (Å²) in [6.07, 6.45) is 7.22. The molecule has 14 heavy (non-hydrogen) atoms. The summed E-state index contributed by atoms with van der Waals surface area (Å²) < 4.78 is 0. The first-order chi connectivity index (χ1) is 6.80. The molecule has 3 fully saturated rings. The number of rotatable bonds is 2. The Morgan fingerprint density at radius 2 is 2.07 bits per heavy atom. The van der Waals surface area contributed by atoms with Gasteiger partial charge in [-0.25, -0.2) is 0 Å². The average molecular weight is 194 g/mol. The van der Waals surface area contributed by atoms with Crippen LogP contribution in [-0.2, 0) is 4.79 Å². The molecule has 1 aliphatic heterocycles. The van der Waals surface area contributed by atoms with Gasteiger partial charge in [0.1, 0.15) is 0 Å². The van der Waals surface area contributed by atoms with Crippen molar-refractivity contribution in [2.24, 2.45) is 5.92 Å². The number of carbonyl (C=O) groups is 1. The van der Waals surface area contributed by atoms with Crippen LogP contribution in [0.4, 0.5) is 0 Å². The van der Waals surface area contributed by atoms with Crippen LogP contribution in [0.25, 0.3) is 0 Å². The lowest BCUT2D eigenvalue weighted by Crippen LogP contribution is -2.44. The van der Waals surface area contributed by atoms with Crippen molar-refractivity contribution in [3.63, 3.8) is 0 Å². The van der Waals surface area contributed by atoms with E-state index < -0.39 is 0 Å². The van der Waals surface area contributed by atoms with Crippen LogP contribution >= 0.6 is 0 Å². The highest BCUT2D eigenvalue weighted by Gasteiger charge is 2.48. The lowest BCUT2D eigenvalue weighted by Gasteiger charge is -2.21. The molecule has 3 nitrogen and oxygen atoms in total. The minimum Gasteiger partial charge on any atom is -0.328 e. The molecule has 78 valence electrons. The summed E-state index contributed by atoms with van der Waals surface area (Å²) in [5.74, 6) is 1.21. The minimum absolute atomic E-state index is 0.130. The average Bonchev–Trinajstić information content (AvgIpc) is 2.79. The van der Waals surface area contributed by atoms with Crippen LogP contribution in [0.2, 0.25) is 0 Å². The van der Waals surface area contributed by atoms with Crippen molar-refractivity contribution in [1.82, 2.24) is 10.2 Å². The van der Waals surface area contributed by atoms with Crippen molar-refractivity contribution >= 4 is 5.91 Å². The highest BCUT2D eigenvalue weighted by molar-refractivity contribution is 5.88. The molecule has 0 aromatic rings. The molecule has 2 saturated carbocycles. The normalized spacial score (nSPS) is 30.6. The summed E-state index contributed by atoms with van der Waals surface area (Å²) >= 11 is 0. The number of hydrogen-bond donors (Lipinski definition) is 1. The number of nitrogens with one attached hydrogen (secondary N) is 1. The zero-order valence-corrected chi connectivity index (χ0v) is 8.59. The molecule has 0 unspecified atom stereocenters. The van der Waals surface area contributed by atoms with Gasteiger partial charge in [0.25, 0.3) is 0 Å². The van der Waals surface area contributed by atoms with Gasteiger partial charge in [-0.15, -0.1) is 0 Å². The Morgan fingerprint density at radius 3 is 2.71 bits per heavy atom. The summed E-state index contributed by atoms with van der Waals surface area (Å²) in [4.78, 5) is 14.2. The van der Waals surface area contributed by atoms with E-state index in [2.05, 4.69) is 5.32 Å². The zero-order chi connectivity index (χ0) is 9.60. The minimum atomic E-state index is -0.130. The second-order valence-corrected chi connectivity index (χ2v) is 5.10. The van der Waals surface area contributed by atoms with Crippen LogP contribution in [0.3, 0.4) is 0 Å². The SMILES string of the molecule is O=C1N(CC2CC2)CNC12CCCC2. The molecule has 0 aromatic heterocycles. The Balaban J connectivity index is 1.69. The van der Waals surface area contributed by atoms with Crippen LogP contribution in [-0.4, -0.2) is 29.6 Å². The van der Waals surface area contributed by atoms with Gasteiger partial charge in [0.05, 0.1) is 12.2 Å². The van der Waals surface area contributed by atoms with Gasteiger partial charge in [-0.3, -0.25) is 10.1 Å². The Bertz CT molecular complexity index is 254. The molecule has 3 rings (SSSR count). The van der Waals surface area contributed by atoms with E-state index in [1.807, 2.05) is 4.90 Å². The monoisotopic (exact) mass is 194 g/mol. The summed E-state index contributed by atoms with van der Waals surface area (Å²) in [7, 11) is 0. The zero-order valence-electron chi connectivity index (χ0n) is 8.59. The van der Waals surface area contributed by atoms with Gasteiger partial charge in [-0.05, 0) is 31.6 Å². The third-order valence-corrected chi connectivity index (χ3v) is 3.94. The van der Waals surface area contributed by atoms with E-state index in [0.717, 1.165) is 32.0 Å². The quantitative estimate of drug-likeness (QED) is 0.714. The van der Waals surface area contributed by atoms with Crippen LogP contribution in [0.5, 0.6) is 0 Å². The molecule has 1 spiro atoms. The fraction of sp³-hybridized carbons (Fsp3) is 0.909. The molecule has 0 bridgehead atoms. The van der Waals surface area contributed by atoms with E-state index in [0.29, 0.717) is 5.91 Å². The third-order valence-electron chi connectivity index (χ3n) is 3.94. The number of amides is 1. The maximum atomic E-state index is 12.2. The number of hydrogen-bond acceptors (Lipinski definition) is 2. The highest BCUT2D eigenvalue weighted by Crippen LogP contribution is 2.36. The first-order valence-electron chi connectivity index (χ1n) is 5.85. The summed E-state index contributed by atoms with van der Waals surface area (Å²) in [6, 6.07) is 0. The van der Waals surface area contributed by atoms with Crippen LogP contribution in [0.1, 0.15) is 38.5 Å². The van der Waals surface area contributed by atoms with E-state index in [9.17, 15) is 4.79 Å². The van der Waals surface area contributed by atoms with Crippen molar-refractivity contribution in [3.05, 3.63) is 0 Å². The molecule has 0 radical (unpaired) electrons. The molecule has 3 aliphatic rings. The standard InChI is InChI=1S/C11H18N2O/c14-10-11(5-1-2-6-11)12-8-13(10)7-9-3-4-9/h9,12H,1-8H2. The molecule has 1 amide bonds.